The van der Waals surface area contributed by atoms with E-state index in [1.807, 2.05) is 24.3 Å². The lowest BCUT2D eigenvalue weighted by Gasteiger charge is -2.06. The van der Waals surface area contributed by atoms with Crippen molar-refractivity contribution >= 4 is 23.1 Å². The van der Waals surface area contributed by atoms with Gasteiger partial charge in [0.25, 0.3) is 0 Å². The van der Waals surface area contributed by atoms with Crippen molar-refractivity contribution in [3.05, 3.63) is 35.9 Å². The third-order valence-corrected chi connectivity index (χ3v) is 1.61. The first-order chi connectivity index (χ1) is 5.47. The molecule has 0 amide bonds. The van der Waals surface area contributed by atoms with E-state index in [0.717, 1.165) is 5.56 Å². The predicted molar refractivity (Wildman–Crippen MR) is 48.5 cm³/mol. The largest absolute Gasteiger partial charge is 0.346 e. The van der Waals surface area contributed by atoms with Crippen molar-refractivity contribution in [1.82, 2.24) is 0 Å². The summed E-state index contributed by atoms with van der Waals surface area (Å²) in [6.07, 6.45) is -0.184. The summed E-state index contributed by atoms with van der Waals surface area (Å²) < 4.78 is 10.6. The minimum atomic E-state index is -0.184. The molecule has 1 radical (unpaired) electrons. The summed E-state index contributed by atoms with van der Waals surface area (Å²) in [4.78, 5) is 0. The number of hydrogen-bond acceptors (Lipinski definition) is 2. The lowest BCUT2D eigenvalue weighted by atomic mass is 10.2. The Morgan fingerprint density at radius 2 is 2.00 bits per heavy atom. The van der Waals surface area contributed by atoms with Gasteiger partial charge in [-0.3, -0.25) is 0 Å². The van der Waals surface area contributed by atoms with Crippen LogP contribution in [0.4, 0.5) is 0 Å². The van der Waals surface area contributed by atoms with Crippen molar-refractivity contribution in [3.8, 4) is 0 Å². The quantitative estimate of drug-likeness (QED) is 0.583. The first-order valence-electron chi connectivity index (χ1n) is 3.66. The van der Waals surface area contributed by atoms with Crippen LogP contribution in [0.3, 0.4) is 0 Å². The number of rotatable bonds is 1. The fourth-order valence-electron chi connectivity index (χ4n) is 1.09. The summed E-state index contributed by atoms with van der Waals surface area (Å²) in [7, 11) is 0. The molecule has 2 rings (SSSR count). The van der Waals surface area contributed by atoms with Crippen LogP contribution in [0, 0.1) is 6.07 Å². The van der Waals surface area contributed by atoms with Crippen LogP contribution in [0.2, 0.25) is 0 Å². The van der Waals surface area contributed by atoms with Crippen molar-refractivity contribution in [2.75, 3.05) is 13.2 Å². The molecule has 0 aromatic heterocycles. The molecule has 0 bridgehead atoms. The smallest absolute Gasteiger partial charge is 0.316 e. The minimum Gasteiger partial charge on any atom is -0.346 e. The summed E-state index contributed by atoms with van der Waals surface area (Å²) in [5.74, 6) is 0. The first kappa shape index (κ1) is 9.99. The van der Waals surface area contributed by atoms with Gasteiger partial charge in [0.15, 0.2) is 6.29 Å². The highest BCUT2D eigenvalue weighted by molar-refractivity contribution is 5.75. The molecule has 0 unspecified atom stereocenters. The van der Waals surface area contributed by atoms with Gasteiger partial charge in [-0.2, -0.15) is 0 Å². The molecule has 0 aliphatic carbocycles. The van der Waals surface area contributed by atoms with Gasteiger partial charge in [-0.1, -0.05) is 24.3 Å². The summed E-state index contributed by atoms with van der Waals surface area (Å²) >= 11 is 0. The third kappa shape index (κ3) is 2.20. The second kappa shape index (κ2) is 4.82. The lowest BCUT2D eigenvalue weighted by Crippen LogP contribution is -1.96. The molecule has 0 saturated carbocycles. The molecule has 1 fully saturated rings. The van der Waals surface area contributed by atoms with E-state index in [0.29, 0.717) is 13.2 Å². The van der Waals surface area contributed by atoms with Crippen molar-refractivity contribution in [3.63, 3.8) is 0 Å². The first-order valence-corrected chi connectivity index (χ1v) is 3.66. The van der Waals surface area contributed by atoms with Crippen molar-refractivity contribution in [2.24, 2.45) is 0 Å². The highest BCUT2D eigenvalue weighted by Gasteiger charge is 2.17. The third-order valence-electron chi connectivity index (χ3n) is 1.61. The topological polar surface area (TPSA) is 18.5 Å². The molecule has 1 heterocycles. The van der Waals surface area contributed by atoms with E-state index < -0.39 is 0 Å². The molecule has 3 heteroatoms. The van der Waals surface area contributed by atoms with Crippen LogP contribution in [-0.2, 0) is 9.47 Å². The molecule has 1 aliphatic heterocycles. The Bertz CT molecular complexity index is 219. The monoisotopic (exact) mass is 175 g/mol. The Kier molecular flexibility index (Phi) is 4.01. The van der Waals surface area contributed by atoms with Crippen LogP contribution >= 0.6 is 0 Å². The van der Waals surface area contributed by atoms with Gasteiger partial charge in [-0.05, 0) is 6.07 Å². The van der Waals surface area contributed by atoms with E-state index in [-0.39, 0.29) is 29.3 Å². The van der Waals surface area contributed by atoms with Crippen LogP contribution in [-0.4, -0.2) is 36.3 Å². The van der Waals surface area contributed by atoms with Gasteiger partial charge in [0, 0.05) is 5.56 Å². The summed E-state index contributed by atoms with van der Waals surface area (Å²) in [6, 6.07) is 10.8. The average Bonchev–Trinajstić information content (AvgIpc) is 2.58. The summed E-state index contributed by atoms with van der Waals surface area (Å²) in [5, 5.41) is 0. The zero-order valence-corrected chi connectivity index (χ0v) is 6.12. The maximum absolute atomic E-state index is 5.29. The average molecular weight is 175 g/mol. The molecule has 1 aliphatic rings. The van der Waals surface area contributed by atoms with Crippen molar-refractivity contribution in [1.29, 1.82) is 0 Å². The Labute approximate surface area is 88.0 Å². The molecular formula is C9H11MgO2. The Balaban J connectivity index is 0.000000720. The Morgan fingerprint density at radius 1 is 1.25 bits per heavy atom. The van der Waals surface area contributed by atoms with Crippen LogP contribution in [0.1, 0.15) is 11.9 Å². The van der Waals surface area contributed by atoms with E-state index in [9.17, 15) is 0 Å². The van der Waals surface area contributed by atoms with Crippen molar-refractivity contribution in [2.45, 2.75) is 6.29 Å². The molecule has 1 saturated heterocycles. The highest BCUT2D eigenvalue weighted by Crippen LogP contribution is 2.21. The standard InChI is InChI=1S/C9H9O2.Mg.2H/c1-2-4-8(5-3-1)9-10-6-7-11-9;;;/h1-4,9H,6-7H2;;;. The molecule has 0 spiro atoms. The highest BCUT2D eigenvalue weighted by atomic mass is 24.3. The molecule has 61 valence electrons. The molecule has 2 nitrogen and oxygen atoms in total. The molecule has 12 heavy (non-hydrogen) atoms. The van der Waals surface area contributed by atoms with E-state index in [4.69, 9.17) is 9.47 Å². The molecule has 1 aromatic carbocycles. The van der Waals surface area contributed by atoms with Crippen LogP contribution in [0.25, 0.3) is 0 Å². The fourth-order valence-corrected chi connectivity index (χ4v) is 1.09. The number of benzene rings is 1. The molecular weight excluding hydrogens is 164 g/mol. The maximum atomic E-state index is 5.29. The fraction of sp³-hybridized carbons (Fsp3) is 0.333. The van der Waals surface area contributed by atoms with Crippen LogP contribution in [0.5, 0.6) is 0 Å². The molecule has 0 N–H and O–H groups in total. The van der Waals surface area contributed by atoms with E-state index in [1.54, 1.807) is 0 Å². The van der Waals surface area contributed by atoms with Crippen LogP contribution < -0.4 is 0 Å². The predicted octanol–water partition coefficient (Wildman–Crippen LogP) is 0.616. The van der Waals surface area contributed by atoms with Gasteiger partial charge in [-0.15, -0.1) is 0 Å². The summed E-state index contributed by atoms with van der Waals surface area (Å²) in [6.45, 7) is 1.38. The SMILES string of the molecule is [MgH2].[c]1ccccc1C1OCCO1. The lowest BCUT2D eigenvalue weighted by molar-refractivity contribution is -0.0443. The van der Waals surface area contributed by atoms with Crippen molar-refractivity contribution < 1.29 is 9.47 Å². The minimum absolute atomic E-state index is 0. The van der Waals surface area contributed by atoms with Gasteiger partial charge in [0.05, 0.1) is 13.2 Å². The zero-order chi connectivity index (χ0) is 7.52. The maximum Gasteiger partial charge on any atom is 0.316 e. The van der Waals surface area contributed by atoms with Gasteiger partial charge in [0.1, 0.15) is 0 Å². The Hall–Kier alpha value is -0.0938. The Morgan fingerprint density at radius 3 is 2.58 bits per heavy atom. The van der Waals surface area contributed by atoms with E-state index in [2.05, 4.69) is 6.07 Å². The molecule has 0 atom stereocenters. The number of hydrogen-bond donors (Lipinski definition) is 0. The van der Waals surface area contributed by atoms with Gasteiger partial charge >= 0.3 is 23.1 Å². The number of ether oxygens (including phenoxy) is 2. The normalized spacial score (nSPS) is 17.3. The van der Waals surface area contributed by atoms with Gasteiger partial charge in [-0.25, -0.2) is 0 Å². The van der Waals surface area contributed by atoms with E-state index in [1.165, 1.54) is 0 Å². The molecule has 1 aromatic rings. The van der Waals surface area contributed by atoms with E-state index >= 15 is 0 Å². The second-order valence-corrected chi connectivity index (χ2v) is 2.39. The zero-order valence-electron chi connectivity index (χ0n) is 6.12. The van der Waals surface area contributed by atoms with Gasteiger partial charge in [0.2, 0.25) is 0 Å². The van der Waals surface area contributed by atoms with Crippen LogP contribution in [0.15, 0.2) is 24.3 Å². The second-order valence-electron chi connectivity index (χ2n) is 2.39. The van der Waals surface area contributed by atoms with Gasteiger partial charge < -0.3 is 9.47 Å². The summed E-state index contributed by atoms with van der Waals surface area (Å²) in [5.41, 5.74) is 0.977.